The molecular formula is C42H66N2O2S2Sn. The molecule has 7 heteroatoms. The Morgan fingerprint density at radius 1 is 0.571 bits per heavy atom. The summed E-state index contributed by atoms with van der Waals surface area (Å²) in [7, 11) is 0. The average molecular weight is 814 g/mol. The van der Waals surface area contributed by atoms with Crippen LogP contribution in [0.4, 0.5) is 0 Å². The van der Waals surface area contributed by atoms with E-state index in [-0.39, 0.29) is 11.8 Å². The molecule has 2 aliphatic heterocycles. The van der Waals surface area contributed by atoms with Crippen molar-refractivity contribution in [1.29, 1.82) is 0 Å². The molecule has 2 atom stereocenters. The molecule has 2 aromatic heterocycles. The number of carbonyl (C=O) groups excluding carboxylic acids is 2. The van der Waals surface area contributed by atoms with E-state index in [1.165, 1.54) is 78.4 Å². The second-order valence-corrected chi connectivity index (χ2v) is 33.6. The molecule has 0 bridgehead atoms. The molecular weight excluding hydrogens is 747 g/mol. The first-order chi connectivity index (χ1) is 23.5. The molecule has 2 unspecified atom stereocenters. The van der Waals surface area contributed by atoms with Crippen molar-refractivity contribution < 1.29 is 9.59 Å². The van der Waals surface area contributed by atoms with Crippen LogP contribution in [0.15, 0.2) is 35.4 Å². The van der Waals surface area contributed by atoms with Gasteiger partial charge in [0.15, 0.2) is 0 Å². The first-order valence-corrected chi connectivity index (χ1v) is 31.5. The van der Waals surface area contributed by atoms with E-state index in [1.807, 2.05) is 11.3 Å². The second-order valence-electron chi connectivity index (χ2n) is 15.8. The number of thiophene rings is 2. The standard InChI is InChI=1S/C39H57N2O2S2.3CH3.Sn/c1-6-10-14-16-21-30(19-12-8-3)27-40-36(32-23-18-26-44-32)34-35(39(40)43)37(33-25-24-29(5)45-33)41(38(34)42)28-31(20-13-9-4)22-17-15-11-7-2;;;;/h18,23-25,30-31H,6-17,19-22,27-28H2,1-5H3;3*1H3;. The Morgan fingerprint density at radius 2 is 1.00 bits per heavy atom. The molecule has 2 aliphatic rings. The van der Waals surface area contributed by atoms with Crippen molar-refractivity contribution in [2.45, 2.75) is 152 Å². The molecule has 49 heavy (non-hydrogen) atoms. The normalized spacial score (nSPS) is 16.5. The summed E-state index contributed by atoms with van der Waals surface area (Å²) >= 11 is 1.20. The van der Waals surface area contributed by atoms with Crippen molar-refractivity contribution >= 4 is 67.2 Å². The second kappa shape index (κ2) is 19.5. The van der Waals surface area contributed by atoms with E-state index in [9.17, 15) is 0 Å². The third kappa shape index (κ3) is 10.4. The molecule has 0 spiro atoms. The minimum atomic E-state index is -2.38. The van der Waals surface area contributed by atoms with Crippen LogP contribution in [0.2, 0.25) is 14.8 Å². The SMILES string of the molecule is CCCCCCC(CCCC)CN1C(=O)C2=C(c3cc[c]([Sn]([CH3])([CH3])[CH3])s3)N(CC(CCCC)CCCCCC)C(=O)C2=C1c1ccc(C)s1. The van der Waals surface area contributed by atoms with Crippen LogP contribution >= 0.6 is 22.7 Å². The zero-order valence-electron chi connectivity index (χ0n) is 32.2. The van der Waals surface area contributed by atoms with Crippen molar-refractivity contribution in [1.82, 2.24) is 9.80 Å². The summed E-state index contributed by atoms with van der Waals surface area (Å²) < 4.78 is 1.49. The van der Waals surface area contributed by atoms with E-state index >= 15 is 9.59 Å². The Morgan fingerprint density at radius 3 is 1.39 bits per heavy atom. The van der Waals surface area contributed by atoms with Crippen LogP contribution in [0.1, 0.15) is 145 Å². The Balaban J connectivity index is 1.82. The molecule has 0 fully saturated rings. The summed E-state index contributed by atoms with van der Waals surface area (Å²) in [6.45, 7) is 12.6. The maximum absolute atomic E-state index is 15.0. The molecule has 0 aromatic carbocycles. The third-order valence-electron chi connectivity index (χ3n) is 10.5. The van der Waals surface area contributed by atoms with Gasteiger partial charge in [0.2, 0.25) is 0 Å². The van der Waals surface area contributed by atoms with Crippen LogP contribution in [0.25, 0.3) is 11.4 Å². The third-order valence-corrected chi connectivity index (χ3v) is 22.1. The molecule has 0 radical (unpaired) electrons. The van der Waals surface area contributed by atoms with Crippen LogP contribution in [0.3, 0.4) is 0 Å². The quantitative estimate of drug-likeness (QED) is 0.0828. The number of hydrogen-bond donors (Lipinski definition) is 0. The van der Waals surface area contributed by atoms with Crippen molar-refractivity contribution in [3.05, 3.63) is 50.0 Å². The average Bonchev–Trinajstić information content (AvgIpc) is 3.84. The molecule has 4 rings (SSSR count). The van der Waals surface area contributed by atoms with Crippen LogP contribution in [-0.4, -0.2) is 53.1 Å². The Bertz CT molecular complexity index is 1440. The van der Waals surface area contributed by atoms with Crippen LogP contribution in [-0.2, 0) is 9.59 Å². The van der Waals surface area contributed by atoms with Gasteiger partial charge in [-0.15, -0.1) is 0 Å². The topological polar surface area (TPSA) is 40.6 Å². The summed E-state index contributed by atoms with van der Waals surface area (Å²) in [5.74, 6) is 0.993. The number of amides is 2. The van der Waals surface area contributed by atoms with Gasteiger partial charge in [0, 0.05) is 0 Å². The summed E-state index contributed by atoms with van der Waals surface area (Å²) in [5, 5.41) is 0. The fourth-order valence-corrected chi connectivity index (χ4v) is 14.8. The predicted octanol–water partition coefficient (Wildman–Crippen LogP) is 12.0. The van der Waals surface area contributed by atoms with Crippen LogP contribution in [0.5, 0.6) is 0 Å². The zero-order chi connectivity index (χ0) is 35.6. The zero-order valence-corrected chi connectivity index (χ0v) is 36.7. The van der Waals surface area contributed by atoms with Crippen LogP contribution in [0, 0.1) is 18.8 Å². The number of rotatable bonds is 23. The molecule has 0 N–H and O–H groups in total. The van der Waals surface area contributed by atoms with Crippen molar-refractivity contribution in [3.63, 3.8) is 0 Å². The summed E-state index contributed by atoms with van der Waals surface area (Å²) in [4.78, 5) is 44.9. The van der Waals surface area contributed by atoms with Gasteiger partial charge in [0.25, 0.3) is 0 Å². The van der Waals surface area contributed by atoms with Crippen molar-refractivity contribution in [3.8, 4) is 0 Å². The van der Waals surface area contributed by atoms with E-state index in [1.54, 1.807) is 11.3 Å². The summed E-state index contributed by atoms with van der Waals surface area (Å²) in [5.41, 5.74) is 3.16. The molecule has 0 saturated carbocycles. The van der Waals surface area contributed by atoms with E-state index < -0.39 is 18.4 Å². The first-order valence-electron chi connectivity index (χ1n) is 19.9. The maximum atomic E-state index is 15.0. The molecule has 2 amide bonds. The monoisotopic (exact) mass is 814 g/mol. The van der Waals surface area contributed by atoms with Gasteiger partial charge in [-0.05, 0) is 0 Å². The summed E-state index contributed by atoms with van der Waals surface area (Å²) in [6.07, 6.45) is 19.2. The number of carbonyl (C=O) groups is 2. The molecule has 2 aromatic rings. The molecule has 4 heterocycles. The van der Waals surface area contributed by atoms with Gasteiger partial charge in [-0.25, -0.2) is 0 Å². The Labute approximate surface area is 311 Å². The molecule has 272 valence electrons. The molecule has 0 saturated heterocycles. The number of nitrogens with zero attached hydrogens (tertiary/aromatic N) is 2. The predicted molar refractivity (Wildman–Crippen MR) is 217 cm³/mol. The number of hydrogen-bond acceptors (Lipinski definition) is 4. The number of aryl methyl sites for hydroxylation is 1. The van der Waals surface area contributed by atoms with Crippen molar-refractivity contribution in [2.75, 3.05) is 13.1 Å². The Hall–Kier alpha value is -1.38. The van der Waals surface area contributed by atoms with E-state index in [2.05, 4.69) is 83.5 Å². The van der Waals surface area contributed by atoms with Gasteiger partial charge in [-0.1, -0.05) is 33.6 Å². The fourth-order valence-electron chi connectivity index (χ4n) is 7.56. The molecule has 4 nitrogen and oxygen atoms in total. The number of fused-ring (bicyclic) bond motifs is 1. The van der Waals surface area contributed by atoms with E-state index in [4.69, 9.17) is 0 Å². The summed E-state index contributed by atoms with van der Waals surface area (Å²) in [6, 6.07) is 8.84. The minimum absolute atomic E-state index is 0.0548. The van der Waals surface area contributed by atoms with Crippen LogP contribution < -0.4 is 2.89 Å². The number of unbranched alkanes of at least 4 members (excludes halogenated alkanes) is 8. The first kappa shape index (κ1) is 40.4. The van der Waals surface area contributed by atoms with Gasteiger partial charge < -0.3 is 0 Å². The van der Waals surface area contributed by atoms with E-state index in [0.29, 0.717) is 36.1 Å². The van der Waals surface area contributed by atoms with Gasteiger partial charge in [0.05, 0.1) is 0 Å². The van der Waals surface area contributed by atoms with Crippen molar-refractivity contribution in [2.24, 2.45) is 11.8 Å². The van der Waals surface area contributed by atoms with Gasteiger partial charge in [-0.2, -0.15) is 0 Å². The van der Waals surface area contributed by atoms with Gasteiger partial charge in [0.1, 0.15) is 0 Å². The van der Waals surface area contributed by atoms with Gasteiger partial charge >= 0.3 is 280 Å². The fraction of sp³-hybridized carbons (Fsp3) is 0.667. The van der Waals surface area contributed by atoms with Gasteiger partial charge in [-0.3, -0.25) is 0 Å². The molecule has 0 aliphatic carbocycles. The Kier molecular flexibility index (Phi) is 16.0. The van der Waals surface area contributed by atoms with E-state index in [0.717, 1.165) is 53.3 Å².